The molecule has 0 saturated carbocycles. The number of benzene rings is 1. The van der Waals surface area contributed by atoms with Crippen LogP contribution in [0.1, 0.15) is 66.4 Å². The fraction of sp³-hybridized carbons (Fsp3) is 0.630. The van der Waals surface area contributed by atoms with Gasteiger partial charge in [0.2, 0.25) is 23.6 Å². The molecule has 4 amide bonds. The summed E-state index contributed by atoms with van der Waals surface area (Å²) in [6.07, 6.45) is 2.01. The van der Waals surface area contributed by atoms with Gasteiger partial charge in [0.15, 0.2) is 0 Å². The maximum atomic E-state index is 13.3. The number of nitrogens with one attached hydrogen (secondary N) is 4. The average Bonchev–Trinajstić information content (AvgIpc) is 2.79. The van der Waals surface area contributed by atoms with E-state index in [2.05, 4.69) is 21.3 Å². The van der Waals surface area contributed by atoms with Crippen LogP contribution in [-0.4, -0.2) is 59.3 Å². The fourth-order valence-electron chi connectivity index (χ4n) is 3.70. The largest absolute Gasteiger partial charge is 0.357 e. The monoisotopic (exact) mass is 520 g/mol. The Morgan fingerprint density at radius 2 is 1.53 bits per heavy atom. The highest BCUT2D eigenvalue weighted by Crippen LogP contribution is 2.31. The molecule has 3 atom stereocenters. The van der Waals surface area contributed by atoms with Gasteiger partial charge in [-0.15, -0.1) is 11.8 Å². The normalized spacial score (nSPS) is 13.9. The van der Waals surface area contributed by atoms with Crippen LogP contribution in [0.15, 0.2) is 30.3 Å². The second-order valence-electron chi connectivity index (χ2n) is 10.4. The lowest BCUT2D eigenvalue weighted by molar-refractivity contribution is -0.132. The number of hydrogen-bond acceptors (Lipinski definition) is 5. The highest BCUT2D eigenvalue weighted by Gasteiger charge is 2.31. The third-order valence-corrected chi connectivity index (χ3v) is 6.75. The van der Waals surface area contributed by atoms with Crippen molar-refractivity contribution in [3.63, 3.8) is 0 Å². The molecule has 0 bridgehead atoms. The maximum absolute atomic E-state index is 13.3. The Morgan fingerprint density at radius 3 is 2.06 bits per heavy atom. The highest BCUT2D eigenvalue weighted by molar-refractivity contribution is 8.01. The molecule has 4 N–H and O–H groups in total. The summed E-state index contributed by atoms with van der Waals surface area (Å²) in [4.78, 5) is 50.4. The van der Waals surface area contributed by atoms with E-state index in [1.807, 2.05) is 65.0 Å². The van der Waals surface area contributed by atoms with Crippen LogP contribution in [0, 0.1) is 5.92 Å². The number of carbonyl (C=O) groups is 4. The molecule has 202 valence electrons. The molecule has 1 unspecified atom stereocenters. The number of likely N-dealkylation sites (N-methyl/N-ethyl adjacent to an activating group) is 1. The van der Waals surface area contributed by atoms with Gasteiger partial charge >= 0.3 is 0 Å². The summed E-state index contributed by atoms with van der Waals surface area (Å²) in [7, 11) is 1.54. The molecule has 0 heterocycles. The first-order valence-electron chi connectivity index (χ1n) is 12.6. The topological polar surface area (TPSA) is 116 Å². The predicted octanol–water partition coefficient (Wildman–Crippen LogP) is 2.81. The van der Waals surface area contributed by atoms with Crippen molar-refractivity contribution in [3.05, 3.63) is 35.9 Å². The molecule has 0 saturated heterocycles. The molecule has 1 aromatic rings. The quantitative estimate of drug-likeness (QED) is 0.282. The second kappa shape index (κ2) is 15.5. The molecule has 0 aromatic heterocycles. The van der Waals surface area contributed by atoms with Crippen molar-refractivity contribution in [2.45, 2.75) is 89.3 Å². The lowest BCUT2D eigenvalue weighted by Gasteiger charge is -2.28. The standard InChI is InChI=1S/C27H44N4O4S/c1-18(2)16-21(25(34)30-22(24(33)28-7)17-20-12-9-8-10-13-20)31-26(35)23(36-27(4,5)6)14-11-15-29-19(3)32/h8-10,12-13,18,21-23H,11,14-17H2,1-7H3,(H,28,33)(H,29,32)(H,30,34)(H,31,35)/t21-,22-,23?/m0/s1. The van der Waals surface area contributed by atoms with E-state index in [0.29, 0.717) is 32.2 Å². The van der Waals surface area contributed by atoms with Crippen LogP contribution in [-0.2, 0) is 25.6 Å². The molecule has 9 heteroatoms. The minimum Gasteiger partial charge on any atom is -0.357 e. The number of amides is 4. The molecule has 8 nitrogen and oxygen atoms in total. The van der Waals surface area contributed by atoms with Crippen LogP contribution in [0.3, 0.4) is 0 Å². The van der Waals surface area contributed by atoms with Gasteiger partial charge in [-0.1, -0.05) is 65.0 Å². The summed E-state index contributed by atoms with van der Waals surface area (Å²) < 4.78 is -0.161. The Labute approximate surface area is 220 Å². The molecule has 0 spiro atoms. The maximum Gasteiger partial charge on any atom is 0.243 e. The van der Waals surface area contributed by atoms with Gasteiger partial charge in [-0.2, -0.15) is 0 Å². The van der Waals surface area contributed by atoms with E-state index in [-0.39, 0.29) is 39.5 Å². The number of rotatable bonds is 14. The summed E-state index contributed by atoms with van der Waals surface area (Å²) in [5, 5.41) is 10.8. The van der Waals surface area contributed by atoms with E-state index >= 15 is 0 Å². The number of thioether (sulfide) groups is 1. The lowest BCUT2D eigenvalue weighted by Crippen LogP contribution is -2.55. The van der Waals surface area contributed by atoms with Crippen molar-refractivity contribution >= 4 is 35.4 Å². The predicted molar refractivity (Wildman–Crippen MR) is 147 cm³/mol. The SMILES string of the molecule is CNC(=O)[C@H](Cc1ccccc1)NC(=O)[C@H](CC(C)C)NC(=O)C(CCCNC(C)=O)SC(C)(C)C. The van der Waals surface area contributed by atoms with Crippen molar-refractivity contribution in [1.29, 1.82) is 0 Å². The highest BCUT2D eigenvalue weighted by atomic mass is 32.2. The molecule has 0 fully saturated rings. The second-order valence-corrected chi connectivity index (χ2v) is 12.4. The first-order chi connectivity index (χ1) is 16.8. The van der Waals surface area contributed by atoms with Gasteiger partial charge in [0.1, 0.15) is 12.1 Å². The smallest absolute Gasteiger partial charge is 0.243 e. The van der Waals surface area contributed by atoms with Crippen LogP contribution < -0.4 is 21.3 Å². The summed E-state index contributed by atoms with van der Waals surface area (Å²) in [6.45, 7) is 12.1. The van der Waals surface area contributed by atoms with Gasteiger partial charge in [-0.25, -0.2) is 0 Å². The van der Waals surface area contributed by atoms with Gasteiger partial charge in [-0.05, 0) is 30.7 Å². The van der Waals surface area contributed by atoms with Crippen molar-refractivity contribution < 1.29 is 19.2 Å². The first kappa shape index (κ1) is 31.5. The molecule has 1 aromatic carbocycles. The minimum atomic E-state index is -0.765. The summed E-state index contributed by atoms with van der Waals surface area (Å²) in [6, 6.07) is 7.97. The van der Waals surface area contributed by atoms with Crippen LogP contribution in [0.2, 0.25) is 0 Å². The summed E-state index contributed by atoms with van der Waals surface area (Å²) >= 11 is 1.55. The average molecular weight is 521 g/mol. The number of hydrogen-bond donors (Lipinski definition) is 4. The van der Waals surface area contributed by atoms with E-state index in [0.717, 1.165) is 5.56 Å². The van der Waals surface area contributed by atoms with E-state index in [1.54, 1.807) is 11.8 Å². The van der Waals surface area contributed by atoms with Gasteiger partial charge < -0.3 is 21.3 Å². The zero-order valence-corrected chi connectivity index (χ0v) is 23.6. The van der Waals surface area contributed by atoms with Gasteiger partial charge in [-0.3, -0.25) is 19.2 Å². The van der Waals surface area contributed by atoms with E-state index in [1.165, 1.54) is 14.0 Å². The van der Waals surface area contributed by atoms with Crippen molar-refractivity contribution in [2.75, 3.05) is 13.6 Å². The molecule has 0 radical (unpaired) electrons. The van der Waals surface area contributed by atoms with Crippen LogP contribution in [0.25, 0.3) is 0 Å². The molecular weight excluding hydrogens is 476 g/mol. The van der Waals surface area contributed by atoms with Crippen molar-refractivity contribution in [1.82, 2.24) is 21.3 Å². The Morgan fingerprint density at radius 1 is 0.917 bits per heavy atom. The van der Waals surface area contributed by atoms with Crippen molar-refractivity contribution in [2.24, 2.45) is 5.92 Å². The number of carbonyl (C=O) groups excluding carboxylic acids is 4. The molecule has 0 aliphatic heterocycles. The molecule has 36 heavy (non-hydrogen) atoms. The molecule has 1 rings (SSSR count). The van der Waals surface area contributed by atoms with Gasteiger partial charge in [0.05, 0.1) is 5.25 Å². The third-order valence-electron chi connectivity index (χ3n) is 5.31. The third kappa shape index (κ3) is 13.0. The van der Waals surface area contributed by atoms with E-state index in [9.17, 15) is 19.2 Å². The van der Waals surface area contributed by atoms with Crippen molar-refractivity contribution in [3.8, 4) is 0 Å². The van der Waals surface area contributed by atoms with Gasteiger partial charge in [0.25, 0.3) is 0 Å². The summed E-state index contributed by atoms with van der Waals surface area (Å²) in [5.74, 6) is -0.824. The Bertz CT molecular complexity index is 855. The Hall–Kier alpha value is -2.55. The van der Waals surface area contributed by atoms with Crippen LogP contribution in [0.5, 0.6) is 0 Å². The summed E-state index contributed by atoms with van der Waals surface area (Å²) in [5.41, 5.74) is 0.927. The first-order valence-corrected chi connectivity index (χ1v) is 13.5. The molecule has 0 aliphatic rings. The Balaban J connectivity index is 2.99. The van der Waals surface area contributed by atoms with Gasteiger partial charge in [0, 0.05) is 31.7 Å². The fourth-order valence-corrected chi connectivity index (χ4v) is 5.01. The molecular formula is C27H44N4O4S. The molecule has 0 aliphatic carbocycles. The lowest BCUT2D eigenvalue weighted by atomic mass is 10.0. The van der Waals surface area contributed by atoms with E-state index in [4.69, 9.17) is 0 Å². The Kier molecular flexibility index (Phi) is 13.6. The zero-order chi connectivity index (χ0) is 27.3. The van der Waals surface area contributed by atoms with Crippen LogP contribution >= 0.6 is 11.8 Å². The van der Waals surface area contributed by atoms with Crippen LogP contribution in [0.4, 0.5) is 0 Å². The zero-order valence-electron chi connectivity index (χ0n) is 22.8. The van der Waals surface area contributed by atoms with E-state index < -0.39 is 12.1 Å². The minimum absolute atomic E-state index is 0.102.